The van der Waals surface area contributed by atoms with Crippen LogP contribution in [-0.2, 0) is 0 Å². The van der Waals surface area contributed by atoms with E-state index in [-0.39, 0.29) is 5.75 Å². The Labute approximate surface area is 96.7 Å². The predicted molar refractivity (Wildman–Crippen MR) is 55.3 cm³/mol. The van der Waals surface area contributed by atoms with Crippen LogP contribution in [0.2, 0.25) is 0 Å². The number of hydrogen-bond donors (Lipinski definition) is 1. The van der Waals surface area contributed by atoms with Crippen molar-refractivity contribution >= 4 is 27.0 Å². The van der Waals surface area contributed by atoms with Crippen molar-refractivity contribution in [1.82, 2.24) is 9.97 Å². The molecule has 16 heavy (non-hydrogen) atoms. The Bertz CT molecular complexity index is 509. The third-order valence-electron chi connectivity index (χ3n) is 1.85. The minimum absolute atomic E-state index is 0.140. The van der Waals surface area contributed by atoms with Crippen molar-refractivity contribution in [3.63, 3.8) is 0 Å². The third-order valence-corrected chi connectivity index (χ3v) is 2.46. The van der Waals surface area contributed by atoms with Gasteiger partial charge in [0.2, 0.25) is 0 Å². The molecule has 0 radical (unpaired) electrons. The Kier molecular flexibility index (Phi) is 2.79. The van der Waals surface area contributed by atoms with Gasteiger partial charge in [0.05, 0.1) is 11.8 Å². The quantitative estimate of drug-likeness (QED) is 0.923. The summed E-state index contributed by atoms with van der Waals surface area (Å²) in [6.07, 6.45) is -2.88. The maximum Gasteiger partial charge on any atom is 0.422 e. The number of benzene rings is 1. The third kappa shape index (κ3) is 2.46. The SMILES string of the molecule is FC(F)(F)COc1cc(Br)c2nc[nH]c2c1. The van der Waals surface area contributed by atoms with E-state index in [1.54, 1.807) is 0 Å². The molecule has 0 amide bonds. The molecule has 1 heterocycles. The van der Waals surface area contributed by atoms with Crippen LogP contribution in [0.5, 0.6) is 5.75 Å². The second-order valence-corrected chi connectivity index (χ2v) is 3.96. The van der Waals surface area contributed by atoms with Gasteiger partial charge in [0.1, 0.15) is 11.3 Å². The fraction of sp³-hybridized carbons (Fsp3) is 0.222. The van der Waals surface area contributed by atoms with Gasteiger partial charge in [-0.1, -0.05) is 0 Å². The number of rotatable bonds is 2. The van der Waals surface area contributed by atoms with Crippen molar-refractivity contribution in [1.29, 1.82) is 0 Å². The van der Waals surface area contributed by atoms with Crippen LogP contribution in [0.4, 0.5) is 13.2 Å². The second kappa shape index (κ2) is 3.97. The summed E-state index contributed by atoms with van der Waals surface area (Å²) >= 11 is 3.20. The number of aromatic amines is 1. The summed E-state index contributed by atoms with van der Waals surface area (Å²) in [6, 6.07) is 2.92. The van der Waals surface area contributed by atoms with Gasteiger partial charge in [0.25, 0.3) is 0 Å². The number of H-pyrrole nitrogens is 1. The van der Waals surface area contributed by atoms with Gasteiger partial charge in [0, 0.05) is 10.5 Å². The van der Waals surface area contributed by atoms with Gasteiger partial charge in [-0.2, -0.15) is 13.2 Å². The standard InChI is InChI=1S/C9H6BrF3N2O/c10-6-1-5(16-3-9(11,12)13)2-7-8(6)15-4-14-7/h1-2,4H,3H2,(H,14,15). The normalized spacial score (nSPS) is 12.0. The Morgan fingerprint density at radius 3 is 2.81 bits per heavy atom. The Hall–Kier alpha value is -1.24. The van der Waals surface area contributed by atoms with Crippen LogP contribution >= 0.6 is 15.9 Å². The first kappa shape index (κ1) is 11.3. The zero-order valence-electron chi connectivity index (χ0n) is 7.81. The number of nitrogens with one attached hydrogen (secondary N) is 1. The van der Waals surface area contributed by atoms with Crippen molar-refractivity contribution in [2.24, 2.45) is 0 Å². The van der Waals surface area contributed by atoms with E-state index in [4.69, 9.17) is 0 Å². The lowest BCUT2D eigenvalue weighted by atomic mass is 10.3. The zero-order chi connectivity index (χ0) is 11.8. The first-order valence-electron chi connectivity index (χ1n) is 4.28. The maximum atomic E-state index is 11.9. The molecule has 0 fully saturated rings. The van der Waals surface area contributed by atoms with Crippen molar-refractivity contribution in [3.8, 4) is 5.75 Å². The fourth-order valence-corrected chi connectivity index (χ4v) is 1.77. The van der Waals surface area contributed by atoms with Crippen LogP contribution in [0.3, 0.4) is 0 Å². The highest BCUT2D eigenvalue weighted by atomic mass is 79.9. The highest BCUT2D eigenvalue weighted by Crippen LogP contribution is 2.28. The number of ether oxygens (including phenoxy) is 1. The van der Waals surface area contributed by atoms with Crippen LogP contribution in [0, 0.1) is 0 Å². The number of alkyl halides is 3. The van der Waals surface area contributed by atoms with E-state index in [2.05, 4.69) is 30.6 Å². The van der Waals surface area contributed by atoms with E-state index in [9.17, 15) is 13.2 Å². The fourth-order valence-electron chi connectivity index (χ4n) is 1.23. The minimum Gasteiger partial charge on any atom is -0.484 e. The molecule has 0 aliphatic carbocycles. The first-order chi connectivity index (χ1) is 7.46. The molecule has 0 bridgehead atoms. The molecule has 0 aliphatic rings. The average Bonchev–Trinajstić information content (AvgIpc) is 2.62. The maximum absolute atomic E-state index is 11.9. The lowest BCUT2D eigenvalue weighted by molar-refractivity contribution is -0.153. The number of nitrogens with zero attached hydrogens (tertiary/aromatic N) is 1. The lowest BCUT2D eigenvalue weighted by Gasteiger charge is -2.09. The molecule has 1 N–H and O–H groups in total. The predicted octanol–water partition coefficient (Wildman–Crippen LogP) is 3.27. The number of halogens is 4. The second-order valence-electron chi connectivity index (χ2n) is 3.11. The summed E-state index contributed by atoms with van der Waals surface area (Å²) in [6.45, 7) is -1.31. The van der Waals surface area contributed by atoms with Crippen LogP contribution < -0.4 is 4.74 Å². The van der Waals surface area contributed by atoms with Gasteiger partial charge in [0.15, 0.2) is 6.61 Å². The van der Waals surface area contributed by atoms with Gasteiger partial charge in [-0.3, -0.25) is 0 Å². The van der Waals surface area contributed by atoms with E-state index in [0.717, 1.165) is 0 Å². The molecule has 86 valence electrons. The molecule has 2 aromatic rings. The molecule has 1 aromatic carbocycles. The van der Waals surface area contributed by atoms with Crippen LogP contribution in [0.25, 0.3) is 11.0 Å². The summed E-state index contributed by atoms with van der Waals surface area (Å²) in [5.74, 6) is 0.140. The summed E-state index contributed by atoms with van der Waals surface area (Å²) in [5, 5.41) is 0. The van der Waals surface area contributed by atoms with E-state index in [1.165, 1.54) is 18.5 Å². The van der Waals surface area contributed by atoms with Crippen LogP contribution in [0.15, 0.2) is 22.9 Å². The average molecular weight is 295 g/mol. The largest absolute Gasteiger partial charge is 0.484 e. The number of fused-ring (bicyclic) bond motifs is 1. The van der Waals surface area contributed by atoms with Gasteiger partial charge < -0.3 is 9.72 Å². The Morgan fingerprint density at radius 2 is 2.12 bits per heavy atom. The van der Waals surface area contributed by atoms with Gasteiger partial charge in [-0.15, -0.1) is 0 Å². The van der Waals surface area contributed by atoms with E-state index >= 15 is 0 Å². The summed E-state index contributed by atoms with van der Waals surface area (Å²) < 4.78 is 41.0. The topological polar surface area (TPSA) is 37.9 Å². The van der Waals surface area contributed by atoms with Crippen molar-refractivity contribution in [2.75, 3.05) is 6.61 Å². The lowest BCUT2D eigenvalue weighted by Crippen LogP contribution is -2.19. The molecule has 0 saturated heterocycles. The molecule has 0 unspecified atom stereocenters. The number of hydrogen-bond acceptors (Lipinski definition) is 2. The smallest absolute Gasteiger partial charge is 0.422 e. The highest BCUT2D eigenvalue weighted by Gasteiger charge is 2.28. The first-order valence-corrected chi connectivity index (χ1v) is 5.07. The van der Waals surface area contributed by atoms with E-state index in [1.807, 2.05) is 0 Å². The molecule has 0 atom stereocenters. The van der Waals surface area contributed by atoms with Crippen LogP contribution in [0.1, 0.15) is 0 Å². The molecule has 2 rings (SSSR count). The molecular weight excluding hydrogens is 289 g/mol. The summed E-state index contributed by atoms with van der Waals surface area (Å²) in [7, 11) is 0. The highest BCUT2D eigenvalue weighted by molar-refractivity contribution is 9.10. The molecule has 0 spiro atoms. The summed E-state index contributed by atoms with van der Waals surface area (Å²) in [5.41, 5.74) is 1.27. The monoisotopic (exact) mass is 294 g/mol. The molecule has 3 nitrogen and oxygen atoms in total. The molecule has 1 aromatic heterocycles. The Balaban J connectivity index is 2.25. The molecule has 7 heteroatoms. The van der Waals surface area contributed by atoms with E-state index in [0.29, 0.717) is 15.5 Å². The Morgan fingerprint density at radius 1 is 1.38 bits per heavy atom. The molecule has 0 aliphatic heterocycles. The van der Waals surface area contributed by atoms with Gasteiger partial charge in [-0.05, 0) is 22.0 Å². The van der Waals surface area contributed by atoms with Gasteiger partial charge >= 0.3 is 6.18 Å². The van der Waals surface area contributed by atoms with Crippen molar-refractivity contribution in [3.05, 3.63) is 22.9 Å². The molecule has 0 saturated carbocycles. The number of aromatic nitrogens is 2. The minimum atomic E-state index is -4.34. The summed E-state index contributed by atoms with van der Waals surface area (Å²) in [4.78, 5) is 6.78. The molecular formula is C9H6BrF3N2O. The zero-order valence-corrected chi connectivity index (χ0v) is 9.39. The number of imidazole rings is 1. The van der Waals surface area contributed by atoms with Crippen LogP contribution in [-0.4, -0.2) is 22.8 Å². The van der Waals surface area contributed by atoms with E-state index < -0.39 is 12.8 Å². The van der Waals surface area contributed by atoms with Crippen molar-refractivity contribution in [2.45, 2.75) is 6.18 Å². The van der Waals surface area contributed by atoms with Crippen molar-refractivity contribution < 1.29 is 17.9 Å². The van der Waals surface area contributed by atoms with Gasteiger partial charge in [-0.25, -0.2) is 4.98 Å².